The number of nitrogens with zero attached hydrogens (tertiary/aromatic N) is 2. The lowest BCUT2D eigenvalue weighted by Crippen LogP contribution is -2.47. The van der Waals surface area contributed by atoms with Crippen LogP contribution in [0.5, 0.6) is 0 Å². The van der Waals surface area contributed by atoms with Crippen molar-refractivity contribution in [3.05, 3.63) is 24.0 Å². The largest absolute Gasteiger partial charge is 0.370 e. The highest BCUT2D eigenvalue weighted by Crippen LogP contribution is 2.36. The Hall–Kier alpha value is -1.21. The molecule has 3 aliphatic heterocycles. The molecule has 0 bridgehead atoms. The lowest BCUT2D eigenvalue weighted by Gasteiger charge is -2.38. The summed E-state index contributed by atoms with van der Waals surface area (Å²) in [6.07, 6.45) is 7.41. The lowest BCUT2D eigenvalue weighted by molar-refractivity contribution is 0.270. The van der Waals surface area contributed by atoms with E-state index in [1.165, 1.54) is 17.7 Å². The SMILES string of the molecule is CC1NNC2CNC(c3cnccc3N3CCC[C@@H](N)C3)CC12. The molecule has 4 unspecified atom stereocenters. The fraction of sp³-hybridized carbons (Fsp3) is 0.706. The zero-order valence-electron chi connectivity index (χ0n) is 13.8. The van der Waals surface area contributed by atoms with Gasteiger partial charge >= 0.3 is 0 Å². The van der Waals surface area contributed by atoms with Crippen molar-refractivity contribution in [3.8, 4) is 0 Å². The number of anilines is 1. The molecule has 3 aliphatic rings. The number of aromatic nitrogens is 1. The molecule has 6 heteroatoms. The summed E-state index contributed by atoms with van der Waals surface area (Å²) in [5.41, 5.74) is 15.6. The number of nitrogens with two attached hydrogens (primary N) is 1. The van der Waals surface area contributed by atoms with E-state index in [1.807, 2.05) is 12.4 Å². The molecule has 0 aliphatic carbocycles. The number of fused-ring (bicyclic) bond motifs is 1. The number of nitrogens with one attached hydrogen (secondary N) is 3. The monoisotopic (exact) mass is 316 g/mol. The zero-order chi connectivity index (χ0) is 15.8. The molecule has 23 heavy (non-hydrogen) atoms. The van der Waals surface area contributed by atoms with Crippen LogP contribution in [0.15, 0.2) is 18.5 Å². The number of hydrogen-bond acceptors (Lipinski definition) is 6. The van der Waals surface area contributed by atoms with Crippen LogP contribution in [-0.4, -0.2) is 42.7 Å². The first kappa shape index (κ1) is 15.3. The van der Waals surface area contributed by atoms with Gasteiger partial charge in [-0.05, 0) is 38.2 Å². The highest BCUT2D eigenvalue weighted by molar-refractivity contribution is 5.54. The Morgan fingerprint density at radius 2 is 2.26 bits per heavy atom. The van der Waals surface area contributed by atoms with Crippen molar-refractivity contribution in [1.82, 2.24) is 21.2 Å². The number of pyridine rings is 1. The molecule has 0 amide bonds. The molecule has 0 aromatic carbocycles. The van der Waals surface area contributed by atoms with Crippen LogP contribution in [0, 0.1) is 5.92 Å². The van der Waals surface area contributed by atoms with Crippen LogP contribution in [0.4, 0.5) is 5.69 Å². The van der Waals surface area contributed by atoms with E-state index >= 15 is 0 Å². The van der Waals surface area contributed by atoms with Crippen molar-refractivity contribution < 1.29 is 0 Å². The van der Waals surface area contributed by atoms with Crippen molar-refractivity contribution in [2.75, 3.05) is 24.5 Å². The topological polar surface area (TPSA) is 78.2 Å². The summed E-state index contributed by atoms with van der Waals surface area (Å²) in [5, 5.41) is 3.72. The third kappa shape index (κ3) is 2.96. The number of rotatable bonds is 2. The summed E-state index contributed by atoms with van der Waals surface area (Å²) < 4.78 is 0. The highest BCUT2D eigenvalue weighted by Gasteiger charge is 2.39. The minimum absolute atomic E-state index is 0.289. The summed E-state index contributed by atoms with van der Waals surface area (Å²) >= 11 is 0. The second kappa shape index (κ2) is 6.36. The van der Waals surface area contributed by atoms with Crippen molar-refractivity contribution in [1.29, 1.82) is 0 Å². The molecule has 5 N–H and O–H groups in total. The second-order valence-electron chi connectivity index (χ2n) is 7.33. The van der Waals surface area contributed by atoms with Gasteiger partial charge in [-0.15, -0.1) is 0 Å². The first-order chi connectivity index (χ1) is 11.2. The Kier molecular flexibility index (Phi) is 4.24. The molecule has 6 nitrogen and oxygen atoms in total. The summed E-state index contributed by atoms with van der Waals surface area (Å²) in [6.45, 7) is 5.33. The Morgan fingerprint density at radius 1 is 1.35 bits per heavy atom. The van der Waals surface area contributed by atoms with Gasteiger partial charge in [-0.2, -0.15) is 0 Å². The van der Waals surface area contributed by atoms with Crippen molar-refractivity contribution in [3.63, 3.8) is 0 Å². The van der Waals surface area contributed by atoms with Crippen LogP contribution in [0.2, 0.25) is 0 Å². The summed E-state index contributed by atoms with van der Waals surface area (Å²) in [5.74, 6) is 0.665. The molecule has 5 atom stereocenters. The van der Waals surface area contributed by atoms with Gasteiger partial charge in [0.2, 0.25) is 0 Å². The van der Waals surface area contributed by atoms with Gasteiger partial charge in [-0.25, -0.2) is 0 Å². The van der Waals surface area contributed by atoms with E-state index in [0.29, 0.717) is 24.0 Å². The molecule has 0 radical (unpaired) electrons. The Labute approximate surface area is 138 Å². The predicted octanol–water partition coefficient (Wildman–Crippen LogP) is 0.525. The Bertz CT molecular complexity index is 550. The molecular weight excluding hydrogens is 288 g/mol. The maximum absolute atomic E-state index is 6.19. The Morgan fingerprint density at radius 3 is 3.13 bits per heavy atom. The molecule has 1 aromatic heterocycles. The third-order valence-electron chi connectivity index (χ3n) is 5.75. The normalized spacial score (nSPS) is 37.7. The number of hydrazine groups is 1. The van der Waals surface area contributed by atoms with Crippen LogP contribution >= 0.6 is 0 Å². The maximum Gasteiger partial charge on any atom is 0.0446 e. The fourth-order valence-electron chi connectivity index (χ4n) is 4.42. The van der Waals surface area contributed by atoms with Crippen LogP contribution in [0.3, 0.4) is 0 Å². The highest BCUT2D eigenvalue weighted by atomic mass is 15.4. The van der Waals surface area contributed by atoms with Crippen molar-refractivity contribution in [2.45, 2.75) is 50.4 Å². The van der Waals surface area contributed by atoms with E-state index in [1.54, 1.807) is 0 Å². The van der Waals surface area contributed by atoms with Gasteiger partial charge < -0.3 is 16.0 Å². The summed E-state index contributed by atoms with van der Waals surface area (Å²) in [6, 6.07) is 3.88. The van der Waals surface area contributed by atoms with E-state index in [4.69, 9.17) is 5.73 Å². The molecule has 126 valence electrons. The smallest absolute Gasteiger partial charge is 0.0446 e. The quantitative estimate of drug-likeness (QED) is 0.637. The molecule has 1 aromatic rings. The van der Waals surface area contributed by atoms with Gasteiger partial charge in [0.25, 0.3) is 0 Å². The van der Waals surface area contributed by atoms with Gasteiger partial charge in [0.15, 0.2) is 0 Å². The Balaban J connectivity index is 1.57. The van der Waals surface area contributed by atoms with Crippen LogP contribution < -0.4 is 26.8 Å². The molecule has 4 heterocycles. The lowest BCUT2D eigenvalue weighted by atomic mass is 9.83. The minimum Gasteiger partial charge on any atom is -0.370 e. The van der Waals surface area contributed by atoms with E-state index in [2.05, 4.69) is 39.0 Å². The molecule has 0 spiro atoms. The standard InChI is InChI=1S/C17H28N6/c1-11-13-7-15(20-9-16(13)22-21-11)14-8-19-5-4-17(14)23-6-2-3-12(18)10-23/h4-5,8,11-13,15-16,20-22H,2-3,6-7,9-10,18H2,1H3/t11?,12-,13?,15?,16?/m1/s1. The summed E-state index contributed by atoms with van der Waals surface area (Å²) in [4.78, 5) is 6.86. The predicted molar refractivity (Wildman–Crippen MR) is 92.0 cm³/mol. The molecule has 3 saturated heterocycles. The maximum atomic E-state index is 6.19. The number of piperidine rings is 2. The average molecular weight is 316 g/mol. The first-order valence-electron chi connectivity index (χ1n) is 8.91. The average Bonchev–Trinajstić information content (AvgIpc) is 2.95. The minimum atomic E-state index is 0.289. The van der Waals surface area contributed by atoms with Gasteiger partial charge in [-0.3, -0.25) is 15.8 Å². The van der Waals surface area contributed by atoms with Gasteiger partial charge in [0.1, 0.15) is 0 Å². The molecular formula is C17H28N6. The molecule has 4 rings (SSSR count). The van der Waals surface area contributed by atoms with Gasteiger partial charge in [-0.1, -0.05) is 0 Å². The van der Waals surface area contributed by atoms with Gasteiger partial charge in [0.05, 0.1) is 0 Å². The zero-order valence-corrected chi connectivity index (χ0v) is 13.8. The van der Waals surface area contributed by atoms with Crippen molar-refractivity contribution in [2.24, 2.45) is 11.7 Å². The first-order valence-corrected chi connectivity index (χ1v) is 8.91. The van der Waals surface area contributed by atoms with E-state index in [-0.39, 0.29) is 6.04 Å². The van der Waals surface area contributed by atoms with E-state index < -0.39 is 0 Å². The molecule has 0 saturated carbocycles. The van der Waals surface area contributed by atoms with Crippen LogP contribution in [0.1, 0.15) is 37.8 Å². The molecule has 3 fully saturated rings. The third-order valence-corrected chi connectivity index (χ3v) is 5.75. The van der Waals surface area contributed by atoms with Crippen LogP contribution in [-0.2, 0) is 0 Å². The van der Waals surface area contributed by atoms with E-state index in [9.17, 15) is 0 Å². The number of hydrogen-bond donors (Lipinski definition) is 4. The van der Waals surface area contributed by atoms with E-state index in [0.717, 1.165) is 32.5 Å². The van der Waals surface area contributed by atoms with Gasteiger partial charge in [0, 0.05) is 67.4 Å². The summed E-state index contributed by atoms with van der Waals surface area (Å²) in [7, 11) is 0. The van der Waals surface area contributed by atoms with Crippen LogP contribution in [0.25, 0.3) is 0 Å². The van der Waals surface area contributed by atoms with Crippen molar-refractivity contribution >= 4 is 5.69 Å². The second-order valence-corrected chi connectivity index (χ2v) is 7.33. The fourth-order valence-corrected chi connectivity index (χ4v) is 4.42.